The minimum atomic E-state index is 1.17. The lowest BCUT2D eigenvalue weighted by molar-refractivity contribution is 1.33. The molecule has 0 bridgehead atoms. The summed E-state index contributed by atoms with van der Waals surface area (Å²) in [5.41, 5.74) is 5.54. The first-order chi connectivity index (χ1) is 5.11. The molecule has 1 fully saturated rings. The molecule has 0 amide bonds. The third-order valence-electron chi connectivity index (χ3n) is 2.16. The summed E-state index contributed by atoms with van der Waals surface area (Å²) < 4.78 is 0. The highest BCUT2D eigenvalue weighted by Gasteiger charge is 2.12. The maximum Gasteiger partial charge on any atom is -0.0277 e. The lowest BCUT2D eigenvalue weighted by atomic mass is 10.1. The van der Waals surface area contributed by atoms with Gasteiger partial charge in [0.05, 0.1) is 0 Å². The Hall–Kier alpha value is -0.780. The number of allylic oxidation sites excluding steroid dienone is 5. The van der Waals surface area contributed by atoms with Crippen molar-refractivity contribution in [3.8, 4) is 0 Å². The van der Waals surface area contributed by atoms with Gasteiger partial charge in [0.15, 0.2) is 0 Å². The SMILES string of the molecule is C=C(C)C(C)=CC(C)=C1CC1. The first kappa shape index (κ1) is 8.32. The molecule has 11 heavy (non-hydrogen) atoms. The van der Waals surface area contributed by atoms with Crippen LogP contribution >= 0.6 is 0 Å². The van der Waals surface area contributed by atoms with Crippen molar-refractivity contribution in [2.24, 2.45) is 0 Å². The van der Waals surface area contributed by atoms with Crippen LogP contribution < -0.4 is 0 Å². The molecule has 0 spiro atoms. The van der Waals surface area contributed by atoms with Crippen LogP contribution in [0.4, 0.5) is 0 Å². The van der Waals surface area contributed by atoms with E-state index in [0.29, 0.717) is 0 Å². The normalized spacial score (nSPS) is 16.6. The molecule has 0 saturated heterocycles. The van der Waals surface area contributed by atoms with Crippen molar-refractivity contribution in [2.45, 2.75) is 33.6 Å². The van der Waals surface area contributed by atoms with Crippen molar-refractivity contribution < 1.29 is 0 Å². The Labute approximate surface area is 69.3 Å². The number of hydrogen-bond acceptors (Lipinski definition) is 0. The summed E-state index contributed by atoms with van der Waals surface area (Å²) in [7, 11) is 0. The van der Waals surface area contributed by atoms with E-state index in [4.69, 9.17) is 0 Å². The summed E-state index contributed by atoms with van der Waals surface area (Å²) in [6, 6.07) is 0. The van der Waals surface area contributed by atoms with Crippen LogP contribution in [-0.2, 0) is 0 Å². The molecule has 0 heteroatoms. The van der Waals surface area contributed by atoms with Crippen molar-refractivity contribution in [3.05, 3.63) is 34.9 Å². The molecule has 0 atom stereocenters. The fraction of sp³-hybridized carbons (Fsp3) is 0.455. The minimum Gasteiger partial charge on any atom is -0.0958 e. The van der Waals surface area contributed by atoms with E-state index in [1.807, 2.05) is 0 Å². The highest BCUT2D eigenvalue weighted by atomic mass is 14.2. The zero-order chi connectivity index (χ0) is 8.43. The molecular formula is C11H16. The van der Waals surface area contributed by atoms with Crippen molar-refractivity contribution in [1.29, 1.82) is 0 Å². The van der Waals surface area contributed by atoms with Gasteiger partial charge in [-0.1, -0.05) is 29.4 Å². The maximum absolute atomic E-state index is 3.90. The Morgan fingerprint density at radius 2 is 1.82 bits per heavy atom. The lowest BCUT2D eigenvalue weighted by Crippen LogP contribution is -1.77. The molecule has 0 radical (unpaired) electrons. The summed E-state index contributed by atoms with van der Waals surface area (Å²) in [5.74, 6) is 0. The summed E-state index contributed by atoms with van der Waals surface area (Å²) in [6.45, 7) is 10.3. The van der Waals surface area contributed by atoms with Gasteiger partial charge in [-0.2, -0.15) is 0 Å². The van der Waals surface area contributed by atoms with Crippen LogP contribution in [0.1, 0.15) is 33.6 Å². The Balaban J connectivity index is 2.72. The Morgan fingerprint density at radius 3 is 2.18 bits per heavy atom. The predicted molar refractivity (Wildman–Crippen MR) is 50.5 cm³/mol. The second-order valence-corrected chi connectivity index (χ2v) is 3.39. The van der Waals surface area contributed by atoms with E-state index in [2.05, 4.69) is 33.4 Å². The molecule has 0 aromatic carbocycles. The first-order valence-corrected chi connectivity index (χ1v) is 4.14. The molecule has 1 rings (SSSR count). The monoisotopic (exact) mass is 148 g/mol. The Morgan fingerprint density at radius 1 is 1.27 bits per heavy atom. The average Bonchev–Trinajstić information content (AvgIpc) is 2.67. The van der Waals surface area contributed by atoms with Gasteiger partial charge in [-0.3, -0.25) is 0 Å². The van der Waals surface area contributed by atoms with Crippen LogP contribution in [0.25, 0.3) is 0 Å². The highest BCUT2D eigenvalue weighted by Crippen LogP contribution is 2.32. The highest BCUT2D eigenvalue weighted by molar-refractivity contribution is 5.38. The van der Waals surface area contributed by atoms with Gasteiger partial charge in [-0.25, -0.2) is 0 Å². The molecule has 1 aliphatic carbocycles. The third kappa shape index (κ3) is 2.38. The van der Waals surface area contributed by atoms with Crippen LogP contribution in [0.5, 0.6) is 0 Å². The zero-order valence-corrected chi connectivity index (χ0v) is 7.70. The largest absolute Gasteiger partial charge is 0.0958 e. The summed E-state index contributed by atoms with van der Waals surface area (Å²) in [6.07, 6.45) is 4.86. The third-order valence-corrected chi connectivity index (χ3v) is 2.16. The van der Waals surface area contributed by atoms with Crippen LogP contribution in [0.2, 0.25) is 0 Å². The first-order valence-electron chi connectivity index (χ1n) is 4.14. The molecule has 0 N–H and O–H groups in total. The molecule has 0 aromatic heterocycles. The summed E-state index contributed by atoms with van der Waals surface area (Å²) >= 11 is 0. The van der Waals surface area contributed by atoms with E-state index in [0.717, 1.165) is 0 Å². The van der Waals surface area contributed by atoms with E-state index in [1.165, 1.54) is 29.6 Å². The summed E-state index contributed by atoms with van der Waals surface area (Å²) in [4.78, 5) is 0. The minimum absolute atomic E-state index is 1.17. The number of hydrogen-bond donors (Lipinski definition) is 0. The van der Waals surface area contributed by atoms with Gasteiger partial charge in [0.25, 0.3) is 0 Å². The molecule has 0 aliphatic heterocycles. The molecule has 0 nitrogen and oxygen atoms in total. The average molecular weight is 148 g/mol. The Bertz CT molecular complexity index is 233. The quantitative estimate of drug-likeness (QED) is 0.525. The lowest BCUT2D eigenvalue weighted by Gasteiger charge is -1.98. The topological polar surface area (TPSA) is 0 Å². The second-order valence-electron chi connectivity index (χ2n) is 3.39. The predicted octanol–water partition coefficient (Wildman–Crippen LogP) is 3.62. The van der Waals surface area contributed by atoms with Gasteiger partial charge in [0.2, 0.25) is 0 Å². The van der Waals surface area contributed by atoms with Gasteiger partial charge in [0.1, 0.15) is 0 Å². The standard InChI is InChI=1S/C11H16/c1-8(2)9(3)7-10(4)11-5-6-11/h7H,1,5-6H2,2-4H3. The van der Waals surface area contributed by atoms with Gasteiger partial charge in [-0.05, 0) is 39.2 Å². The molecule has 0 aromatic rings. The van der Waals surface area contributed by atoms with E-state index in [-0.39, 0.29) is 0 Å². The Kier molecular flexibility index (Phi) is 2.33. The molecular weight excluding hydrogens is 132 g/mol. The van der Waals surface area contributed by atoms with Gasteiger partial charge in [0, 0.05) is 0 Å². The van der Waals surface area contributed by atoms with Gasteiger partial charge < -0.3 is 0 Å². The molecule has 60 valence electrons. The second kappa shape index (κ2) is 3.08. The molecule has 1 saturated carbocycles. The number of rotatable bonds is 2. The zero-order valence-electron chi connectivity index (χ0n) is 7.70. The van der Waals surface area contributed by atoms with Crippen molar-refractivity contribution >= 4 is 0 Å². The molecule has 1 aliphatic rings. The van der Waals surface area contributed by atoms with E-state index >= 15 is 0 Å². The van der Waals surface area contributed by atoms with Crippen molar-refractivity contribution in [1.82, 2.24) is 0 Å². The fourth-order valence-corrected chi connectivity index (χ4v) is 1.01. The van der Waals surface area contributed by atoms with E-state index in [1.54, 1.807) is 5.57 Å². The van der Waals surface area contributed by atoms with Gasteiger partial charge >= 0.3 is 0 Å². The van der Waals surface area contributed by atoms with Crippen molar-refractivity contribution in [2.75, 3.05) is 0 Å². The van der Waals surface area contributed by atoms with Crippen LogP contribution in [0.15, 0.2) is 34.9 Å². The maximum atomic E-state index is 3.90. The van der Waals surface area contributed by atoms with Gasteiger partial charge in [-0.15, -0.1) is 0 Å². The molecule has 0 unspecified atom stereocenters. The van der Waals surface area contributed by atoms with Crippen LogP contribution in [0, 0.1) is 0 Å². The smallest absolute Gasteiger partial charge is 0.0277 e. The summed E-state index contributed by atoms with van der Waals surface area (Å²) in [5, 5.41) is 0. The fourth-order valence-electron chi connectivity index (χ4n) is 1.01. The van der Waals surface area contributed by atoms with E-state index < -0.39 is 0 Å². The molecule has 0 heterocycles. The van der Waals surface area contributed by atoms with Crippen molar-refractivity contribution in [3.63, 3.8) is 0 Å². The van der Waals surface area contributed by atoms with Crippen LogP contribution in [0.3, 0.4) is 0 Å². The van der Waals surface area contributed by atoms with Crippen LogP contribution in [-0.4, -0.2) is 0 Å². The van der Waals surface area contributed by atoms with E-state index in [9.17, 15) is 0 Å².